The highest BCUT2D eigenvalue weighted by Gasteiger charge is 2.31. The molecular formula is C20H20N2O4. The van der Waals surface area contributed by atoms with E-state index in [4.69, 9.17) is 9.47 Å². The lowest BCUT2D eigenvalue weighted by Crippen LogP contribution is -2.31. The van der Waals surface area contributed by atoms with Crippen molar-refractivity contribution in [3.05, 3.63) is 53.6 Å². The van der Waals surface area contributed by atoms with E-state index in [-0.39, 0.29) is 24.5 Å². The first kappa shape index (κ1) is 16.4. The topological polar surface area (TPSA) is 67.9 Å². The van der Waals surface area contributed by atoms with E-state index in [9.17, 15) is 9.59 Å². The van der Waals surface area contributed by atoms with Crippen LogP contribution in [0, 0.1) is 12.8 Å². The van der Waals surface area contributed by atoms with Crippen molar-refractivity contribution in [2.24, 2.45) is 5.92 Å². The maximum absolute atomic E-state index is 12.4. The van der Waals surface area contributed by atoms with Gasteiger partial charge in [0.15, 0.2) is 11.5 Å². The molecule has 0 aromatic heterocycles. The van der Waals surface area contributed by atoms with Crippen LogP contribution in [0.25, 0.3) is 0 Å². The van der Waals surface area contributed by atoms with Gasteiger partial charge in [0.1, 0.15) is 0 Å². The molecule has 0 bridgehead atoms. The second kappa shape index (κ2) is 6.71. The molecule has 2 aliphatic heterocycles. The SMILES string of the molecule is Cc1ccc(C(=O)NC[C@@H]2CC(=O)N(c3ccc4c(c3)OCO4)C2)cc1. The number of fused-ring (bicyclic) bond motifs is 1. The average Bonchev–Trinajstić information content (AvgIpc) is 3.25. The number of carbonyl (C=O) groups is 2. The Labute approximate surface area is 151 Å². The minimum atomic E-state index is -0.112. The molecule has 2 heterocycles. The van der Waals surface area contributed by atoms with Gasteiger partial charge in [0.25, 0.3) is 5.91 Å². The lowest BCUT2D eigenvalue weighted by atomic mass is 10.1. The average molecular weight is 352 g/mol. The van der Waals surface area contributed by atoms with Gasteiger partial charge in [-0.2, -0.15) is 0 Å². The number of rotatable bonds is 4. The number of nitrogens with one attached hydrogen (secondary N) is 1. The summed E-state index contributed by atoms with van der Waals surface area (Å²) in [5.41, 5.74) is 2.54. The summed E-state index contributed by atoms with van der Waals surface area (Å²) < 4.78 is 10.7. The van der Waals surface area contributed by atoms with Gasteiger partial charge in [0.2, 0.25) is 12.7 Å². The summed E-state index contributed by atoms with van der Waals surface area (Å²) in [7, 11) is 0. The first-order chi connectivity index (χ1) is 12.6. The predicted molar refractivity (Wildman–Crippen MR) is 96.5 cm³/mol. The number of benzene rings is 2. The van der Waals surface area contributed by atoms with Gasteiger partial charge in [0.05, 0.1) is 0 Å². The molecule has 134 valence electrons. The molecule has 1 saturated heterocycles. The second-order valence-electron chi connectivity index (χ2n) is 6.69. The minimum Gasteiger partial charge on any atom is -0.454 e. The Kier molecular flexibility index (Phi) is 4.24. The summed E-state index contributed by atoms with van der Waals surface area (Å²) in [6.45, 7) is 3.24. The van der Waals surface area contributed by atoms with E-state index < -0.39 is 0 Å². The van der Waals surface area contributed by atoms with Crippen molar-refractivity contribution in [3.8, 4) is 11.5 Å². The molecule has 0 unspecified atom stereocenters. The second-order valence-corrected chi connectivity index (χ2v) is 6.69. The van der Waals surface area contributed by atoms with Gasteiger partial charge < -0.3 is 19.7 Å². The Morgan fingerprint density at radius 3 is 2.73 bits per heavy atom. The largest absolute Gasteiger partial charge is 0.454 e. The van der Waals surface area contributed by atoms with E-state index in [1.807, 2.05) is 49.4 Å². The molecule has 1 fully saturated rings. The quantitative estimate of drug-likeness (QED) is 0.918. The van der Waals surface area contributed by atoms with Crippen molar-refractivity contribution in [2.45, 2.75) is 13.3 Å². The third-order valence-corrected chi connectivity index (χ3v) is 4.74. The predicted octanol–water partition coefficient (Wildman–Crippen LogP) is 2.51. The van der Waals surface area contributed by atoms with E-state index >= 15 is 0 Å². The van der Waals surface area contributed by atoms with Crippen LogP contribution in [0.15, 0.2) is 42.5 Å². The lowest BCUT2D eigenvalue weighted by Gasteiger charge is -2.17. The molecule has 6 heteroatoms. The maximum atomic E-state index is 12.4. The van der Waals surface area contributed by atoms with Gasteiger partial charge in [-0.25, -0.2) is 0 Å². The zero-order valence-corrected chi connectivity index (χ0v) is 14.5. The van der Waals surface area contributed by atoms with Gasteiger partial charge in [-0.15, -0.1) is 0 Å². The van der Waals surface area contributed by atoms with Crippen molar-refractivity contribution in [2.75, 3.05) is 24.8 Å². The summed E-state index contributed by atoms with van der Waals surface area (Å²) in [4.78, 5) is 26.4. The van der Waals surface area contributed by atoms with Crippen LogP contribution in [0.1, 0.15) is 22.3 Å². The molecule has 0 saturated carbocycles. The maximum Gasteiger partial charge on any atom is 0.251 e. The highest BCUT2D eigenvalue weighted by molar-refractivity contribution is 5.96. The van der Waals surface area contributed by atoms with E-state index in [0.29, 0.717) is 36.6 Å². The fraction of sp³-hybridized carbons (Fsp3) is 0.300. The molecule has 1 N–H and O–H groups in total. The standard InChI is InChI=1S/C20H20N2O4/c1-13-2-4-15(5-3-13)20(24)21-10-14-8-19(23)22(11-14)16-6-7-17-18(9-16)26-12-25-17/h2-7,9,14H,8,10-12H2,1H3,(H,21,24)/t14-/m0/s1. The molecule has 0 spiro atoms. The Morgan fingerprint density at radius 2 is 1.92 bits per heavy atom. The van der Waals surface area contributed by atoms with Crippen LogP contribution >= 0.6 is 0 Å². The van der Waals surface area contributed by atoms with Crippen LogP contribution in [-0.2, 0) is 4.79 Å². The fourth-order valence-corrected chi connectivity index (χ4v) is 3.26. The molecule has 6 nitrogen and oxygen atoms in total. The normalized spacial score (nSPS) is 18.3. The summed E-state index contributed by atoms with van der Waals surface area (Å²) in [5, 5.41) is 2.93. The Balaban J connectivity index is 1.37. The molecule has 2 aliphatic rings. The van der Waals surface area contributed by atoms with Crippen LogP contribution in [-0.4, -0.2) is 31.7 Å². The number of aryl methyl sites for hydroxylation is 1. The fourth-order valence-electron chi connectivity index (χ4n) is 3.26. The zero-order chi connectivity index (χ0) is 18.1. The van der Waals surface area contributed by atoms with Crippen molar-refractivity contribution in [1.82, 2.24) is 5.32 Å². The first-order valence-corrected chi connectivity index (χ1v) is 8.65. The smallest absolute Gasteiger partial charge is 0.251 e. The van der Waals surface area contributed by atoms with Crippen LogP contribution in [0.4, 0.5) is 5.69 Å². The molecule has 26 heavy (non-hydrogen) atoms. The molecule has 2 amide bonds. The number of carbonyl (C=O) groups excluding carboxylic acids is 2. The molecular weight excluding hydrogens is 332 g/mol. The Hall–Kier alpha value is -3.02. The monoisotopic (exact) mass is 352 g/mol. The van der Waals surface area contributed by atoms with Gasteiger partial charge in [-0.3, -0.25) is 9.59 Å². The van der Waals surface area contributed by atoms with Gasteiger partial charge >= 0.3 is 0 Å². The molecule has 2 aromatic rings. The molecule has 0 radical (unpaired) electrons. The van der Waals surface area contributed by atoms with Gasteiger partial charge in [-0.1, -0.05) is 17.7 Å². The number of hydrogen-bond donors (Lipinski definition) is 1. The van der Waals surface area contributed by atoms with Crippen molar-refractivity contribution in [1.29, 1.82) is 0 Å². The molecule has 0 aliphatic carbocycles. The minimum absolute atomic E-state index is 0.0541. The summed E-state index contributed by atoms with van der Waals surface area (Å²) in [5.74, 6) is 1.38. The highest BCUT2D eigenvalue weighted by Crippen LogP contribution is 2.37. The van der Waals surface area contributed by atoms with Crippen LogP contribution < -0.4 is 19.7 Å². The molecule has 1 atom stereocenters. The first-order valence-electron chi connectivity index (χ1n) is 8.65. The third-order valence-electron chi connectivity index (χ3n) is 4.74. The number of hydrogen-bond acceptors (Lipinski definition) is 4. The van der Waals surface area contributed by atoms with Gasteiger partial charge in [-0.05, 0) is 31.2 Å². The van der Waals surface area contributed by atoms with Crippen LogP contribution in [0.2, 0.25) is 0 Å². The van der Waals surface area contributed by atoms with Crippen molar-refractivity contribution in [3.63, 3.8) is 0 Å². The summed E-state index contributed by atoms with van der Waals surface area (Å²) in [6, 6.07) is 12.9. The van der Waals surface area contributed by atoms with Crippen molar-refractivity contribution >= 4 is 17.5 Å². The Bertz CT molecular complexity index is 847. The van der Waals surface area contributed by atoms with E-state index in [0.717, 1.165) is 11.3 Å². The zero-order valence-electron chi connectivity index (χ0n) is 14.5. The number of anilines is 1. The molecule has 2 aromatic carbocycles. The van der Waals surface area contributed by atoms with E-state index in [1.165, 1.54) is 0 Å². The van der Waals surface area contributed by atoms with E-state index in [1.54, 1.807) is 4.90 Å². The Morgan fingerprint density at radius 1 is 1.15 bits per heavy atom. The number of ether oxygens (including phenoxy) is 2. The lowest BCUT2D eigenvalue weighted by molar-refractivity contribution is -0.117. The molecule has 4 rings (SSSR count). The number of amides is 2. The van der Waals surface area contributed by atoms with Crippen molar-refractivity contribution < 1.29 is 19.1 Å². The van der Waals surface area contributed by atoms with Crippen LogP contribution in [0.5, 0.6) is 11.5 Å². The third kappa shape index (κ3) is 3.22. The highest BCUT2D eigenvalue weighted by atomic mass is 16.7. The van der Waals surface area contributed by atoms with E-state index in [2.05, 4.69) is 5.32 Å². The summed E-state index contributed by atoms with van der Waals surface area (Å²) in [6.07, 6.45) is 0.419. The van der Waals surface area contributed by atoms with Gasteiger partial charge in [0, 0.05) is 42.7 Å². The summed E-state index contributed by atoms with van der Waals surface area (Å²) >= 11 is 0. The van der Waals surface area contributed by atoms with Crippen LogP contribution in [0.3, 0.4) is 0 Å². The number of nitrogens with zero attached hydrogens (tertiary/aromatic N) is 1.